The van der Waals surface area contributed by atoms with Gasteiger partial charge in [-0.25, -0.2) is 0 Å². The third kappa shape index (κ3) is 3.91. The molecule has 0 spiro atoms. The molecule has 1 N–H and O–H groups in total. The second kappa shape index (κ2) is 7.00. The van der Waals surface area contributed by atoms with E-state index in [2.05, 4.69) is 33.0 Å². The summed E-state index contributed by atoms with van der Waals surface area (Å²) >= 11 is 13.8. The predicted molar refractivity (Wildman–Crippen MR) is 91.0 cm³/mol. The molecule has 1 aliphatic carbocycles. The summed E-state index contributed by atoms with van der Waals surface area (Å²) in [7, 11) is 0. The molecular formula is C16H25Cl2NS. The molecule has 114 valence electrons. The second-order valence-corrected chi connectivity index (χ2v) is 8.89. The first-order valence-electron chi connectivity index (χ1n) is 7.59. The largest absolute Gasteiger partial charge is 0.307 e. The fourth-order valence-corrected chi connectivity index (χ4v) is 5.10. The van der Waals surface area contributed by atoms with Crippen molar-refractivity contribution < 1.29 is 0 Å². The lowest BCUT2D eigenvalue weighted by molar-refractivity contribution is 0.161. The molecular weight excluding hydrogens is 309 g/mol. The van der Waals surface area contributed by atoms with Gasteiger partial charge in [0, 0.05) is 12.1 Å². The van der Waals surface area contributed by atoms with Gasteiger partial charge in [0.05, 0.1) is 8.67 Å². The molecule has 0 aliphatic heterocycles. The molecule has 20 heavy (non-hydrogen) atoms. The monoisotopic (exact) mass is 333 g/mol. The highest BCUT2D eigenvalue weighted by Gasteiger charge is 2.31. The van der Waals surface area contributed by atoms with Crippen LogP contribution < -0.4 is 5.32 Å². The van der Waals surface area contributed by atoms with Crippen LogP contribution in [0, 0.1) is 17.8 Å². The Morgan fingerprint density at radius 2 is 1.95 bits per heavy atom. The van der Waals surface area contributed by atoms with Gasteiger partial charge in [-0.3, -0.25) is 0 Å². The molecule has 4 atom stereocenters. The number of nitrogens with one attached hydrogen (secondary N) is 1. The Labute approximate surface area is 137 Å². The van der Waals surface area contributed by atoms with E-state index in [0.717, 1.165) is 32.0 Å². The van der Waals surface area contributed by atoms with E-state index in [0.29, 0.717) is 6.04 Å². The molecule has 4 unspecified atom stereocenters. The standard InChI is InChI=1S/C16H25Cl2NS/c1-9(2)12-6-5-10(3)7-14(12)19-11(4)13-8-15(17)20-16(13)18/h8-12,14,19H,5-7H2,1-4H3. The summed E-state index contributed by atoms with van der Waals surface area (Å²) in [4.78, 5) is 0. The maximum absolute atomic E-state index is 6.28. The molecule has 0 amide bonds. The number of rotatable bonds is 4. The molecule has 4 heteroatoms. The van der Waals surface area contributed by atoms with Crippen molar-refractivity contribution in [2.75, 3.05) is 0 Å². The van der Waals surface area contributed by atoms with Crippen LogP contribution >= 0.6 is 34.5 Å². The van der Waals surface area contributed by atoms with Crippen molar-refractivity contribution in [2.24, 2.45) is 17.8 Å². The smallest absolute Gasteiger partial charge is 0.0991 e. The van der Waals surface area contributed by atoms with Gasteiger partial charge >= 0.3 is 0 Å². The Morgan fingerprint density at radius 1 is 1.25 bits per heavy atom. The summed E-state index contributed by atoms with van der Waals surface area (Å²) in [5, 5.41) is 3.81. The molecule has 1 aliphatic rings. The minimum absolute atomic E-state index is 0.266. The Hall–Kier alpha value is 0.240. The van der Waals surface area contributed by atoms with Gasteiger partial charge in [0.15, 0.2) is 0 Å². The number of thiophene rings is 1. The van der Waals surface area contributed by atoms with Gasteiger partial charge in [-0.15, -0.1) is 11.3 Å². The summed E-state index contributed by atoms with van der Waals surface area (Å²) in [6, 6.07) is 2.86. The lowest BCUT2D eigenvalue weighted by Crippen LogP contribution is -2.43. The summed E-state index contributed by atoms with van der Waals surface area (Å²) < 4.78 is 1.59. The van der Waals surface area contributed by atoms with Gasteiger partial charge in [-0.05, 0) is 49.1 Å². The molecule has 1 aromatic rings. The molecule has 1 saturated carbocycles. The van der Waals surface area contributed by atoms with E-state index in [1.54, 1.807) is 0 Å². The third-order valence-electron chi connectivity index (χ3n) is 4.64. The molecule has 1 heterocycles. The summed E-state index contributed by atoms with van der Waals surface area (Å²) in [5.74, 6) is 2.31. The van der Waals surface area contributed by atoms with Crippen molar-refractivity contribution >= 4 is 34.5 Å². The zero-order valence-corrected chi connectivity index (χ0v) is 15.1. The first-order valence-corrected chi connectivity index (χ1v) is 9.16. The van der Waals surface area contributed by atoms with Crippen LogP contribution in [0.15, 0.2) is 6.07 Å². The van der Waals surface area contributed by atoms with Gasteiger partial charge in [-0.1, -0.05) is 50.4 Å². The Bertz CT molecular complexity index is 444. The van der Waals surface area contributed by atoms with Crippen LogP contribution in [0.5, 0.6) is 0 Å². The predicted octanol–water partition coefficient (Wildman–Crippen LogP) is 6.17. The van der Waals surface area contributed by atoms with Crippen LogP contribution in [0.2, 0.25) is 8.67 Å². The quantitative estimate of drug-likeness (QED) is 0.694. The average molecular weight is 334 g/mol. The lowest BCUT2D eigenvalue weighted by atomic mass is 9.73. The summed E-state index contributed by atoms with van der Waals surface area (Å²) in [5.41, 5.74) is 1.14. The minimum atomic E-state index is 0.266. The van der Waals surface area contributed by atoms with Crippen molar-refractivity contribution in [1.82, 2.24) is 5.32 Å². The molecule has 2 rings (SSSR count). The Morgan fingerprint density at radius 3 is 2.50 bits per heavy atom. The molecule has 1 aromatic heterocycles. The van der Waals surface area contributed by atoms with Crippen LogP contribution in [0.3, 0.4) is 0 Å². The lowest BCUT2D eigenvalue weighted by Gasteiger charge is -2.39. The van der Waals surface area contributed by atoms with Crippen LogP contribution in [0.25, 0.3) is 0 Å². The van der Waals surface area contributed by atoms with E-state index in [4.69, 9.17) is 23.2 Å². The first-order chi connectivity index (χ1) is 9.38. The zero-order valence-electron chi connectivity index (χ0n) is 12.7. The van der Waals surface area contributed by atoms with Gasteiger partial charge in [-0.2, -0.15) is 0 Å². The molecule has 1 fully saturated rings. The fraction of sp³-hybridized carbons (Fsp3) is 0.750. The van der Waals surface area contributed by atoms with Crippen molar-refractivity contribution in [3.05, 3.63) is 20.3 Å². The fourth-order valence-electron chi connectivity index (χ4n) is 3.45. The van der Waals surface area contributed by atoms with Crippen molar-refractivity contribution in [3.63, 3.8) is 0 Å². The molecule has 0 bridgehead atoms. The van der Waals surface area contributed by atoms with E-state index in [1.165, 1.54) is 30.6 Å². The molecule has 0 radical (unpaired) electrons. The van der Waals surface area contributed by atoms with E-state index >= 15 is 0 Å². The van der Waals surface area contributed by atoms with Crippen molar-refractivity contribution in [1.29, 1.82) is 0 Å². The van der Waals surface area contributed by atoms with Crippen LogP contribution in [-0.2, 0) is 0 Å². The van der Waals surface area contributed by atoms with Crippen molar-refractivity contribution in [3.8, 4) is 0 Å². The van der Waals surface area contributed by atoms with E-state index in [-0.39, 0.29) is 6.04 Å². The highest BCUT2D eigenvalue weighted by atomic mass is 35.5. The van der Waals surface area contributed by atoms with Crippen molar-refractivity contribution in [2.45, 2.75) is 59.0 Å². The number of hydrogen-bond acceptors (Lipinski definition) is 2. The highest BCUT2D eigenvalue weighted by molar-refractivity contribution is 7.20. The summed E-state index contributed by atoms with van der Waals surface area (Å²) in [6.45, 7) is 9.24. The third-order valence-corrected chi connectivity index (χ3v) is 6.15. The van der Waals surface area contributed by atoms with Crippen LogP contribution in [0.1, 0.15) is 58.6 Å². The van der Waals surface area contributed by atoms with Gasteiger partial charge < -0.3 is 5.32 Å². The molecule has 0 saturated heterocycles. The Balaban J connectivity index is 2.07. The van der Waals surface area contributed by atoms with Gasteiger partial charge in [0.25, 0.3) is 0 Å². The van der Waals surface area contributed by atoms with E-state index in [1.807, 2.05) is 6.07 Å². The maximum atomic E-state index is 6.28. The number of halogens is 2. The van der Waals surface area contributed by atoms with E-state index in [9.17, 15) is 0 Å². The molecule has 1 nitrogen and oxygen atoms in total. The van der Waals surface area contributed by atoms with Crippen LogP contribution in [-0.4, -0.2) is 6.04 Å². The maximum Gasteiger partial charge on any atom is 0.0991 e. The van der Waals surface area contributed by atoms with Gasteiger partial charge in [0.1, 0.15) is 0 Å². The van der Waals surface area contributed by atoms with Crippen LogP contribution in [0.4, 0.5) is 0 Å². The zero-order chi connectivity index (χ0) is 14.9. The Kier molecular flexibility index (Phi) is 5.81. The first kappa shape index (κ1) is 16.6. The topological polar surface area (TPSA) is 12.0 Å². The second-order valence-electron chi connectivity index (χ2n) is 6.60. The number of hydrogen-bond donors (Lipinski definition) is 1. The summed E-state index contributed by atoms with van der Waals surface area (Å²) in [6.07, 6.45) is 3.96. The normalized spacial score (nSPS) is 28.9. The average Bonchev–Trinajstić information content (AvgIpc) is 2.68. The van der Waals surface area contributed by atoms with Gasteiger partial charge in [0.2, 0.25) is 0 Å². The minimum Gasteiger partial charge on any atom is -0.307 e. The molecule has 0 aromatic carbocycles. The highest BCUT2D eigenvalue weighted by Crippen LogP contribution is 2.38. The van der Waals surface area contributed by atoms with E-state index < -0.39 is 0 Å². The SMILES string of the molecule is CC1CCC(C(C)C)C(NC(C)c2cc(Cl)sc2Cl)C1.